The number of nitrogens with zero attached hydrogens (tertiary/aromatic N) is 1. The third-order valence-corrected chi connectivity index (χ3v) is 4.89. The molecule has 0 saturated heterocycles. The van der Waals surface area contributed by atoms with Crippen molar-refractivity contribution in [2.24, 2.45) is 11.7 Å². The van der Waals surface area contributed by atoms with E-state index in [2.05, 4.69) is 22.0 Å². The fourth-order valence-corrected chi connectivity index (χ4v) is 3.55. The van der Waals surface area contributed by atoms with E-state index in [0.29, 0.717) is 18.3 Å². The summed E-state index contributed by atoms with van der Waals surface area (Å²) in [5.41, 5.74) is 8.68. The number of pyridine rings is 1. The molecule has 0 fully saturated rings. The lowest BCUT2D eigenvalue weighted by atomic mass is 9.59. The van der Waals surface area contributed by atoms with Gasteiger partial charge in [0.2, 0.25) is 0 Å². The van der Waals surface area contributed by atoms with Crippen LogP contribution in [0.4, 0.5) is 10.6 Å². The van der Waals surface area contributed by atoms with Crippen molar-refractivity contribution in [1.82, 2.24) is 4.98 Å². The van der Waals surface area contributed by atoms with Gasteiger partial charge in [0.25, 0.3) is 0 Å². The Morgan fingerprint density at radius 1 is 1.31 bits per heavy atom. The summed E-state index contributed by atoms with van der Waals surface area (Å²) in [4.78, 5) is 15.8. The second-order valence-corrected chi connectivity index (χ2v) is 8.13. The Labute approximate surface area is 173 Å². The maximum atomic E-state index is 11.5. The molecule has 1 aliphatic heterocycles. The minimum absolute atomic E-state index is 0.152. The van der Waals surface area contributed by atoms with Gasteiger partial charge in [0.1, 0.15) is 17.3 Å². The Balaban J connectivity index is 1.88. The zero-order valence-electron chi connectivity index (χ0n) is 17.6. The van der Waals surface area contributed by atoms with Crippen molar-refractivity contribution in [3.05, 3.63) is 36.0 Å². The Morgan fingerprint density at radius 3 is 2.76 bits per heavy atom. The zero-order chi connectivity index (χ0) is 21.2. The van der Waals surface area contributed by atoms with Crippen LogP contribution in [-0.4, -0.2) is 46.5 Å². The number of hydrogen-bond donors (Lipinski definition) is 2. The van der Waals surface area contributed by atoms with E-state index in [0.717, 1.165) is 34.6 Å². The highest BCUT2D eigenvalue weighted by atomic mass is 16.5. The van der Waals surface area contributed by atoms with E-state index in [1.165, 1.54) is 7.11 Å². The van der Waals surface area contributed by atoms with Gasteiger partial charge in [-0.3, -0.25) is 5.32 Å². The summed E-state index contributed by atoms with van der Waals surface area (Å²) in [6.45, 7) is 4.72. The van der Waals surface area contributed by atoms with Crippen molar-refractivity contribution in [3.63, 3.8) is 0 Å². The molecule has 29 heavy (non-hydrogen) atoms. The van der Waals surface area contributed by atoms with Gasteiger partial charge in [-0.05, 0) is 43.0 Å². The Bertz CT molecular complexity index is 905. The molecule has 0 spiro atoms. The minimum Gasteiger partial charge on any atom is -0.500 e. The molecule has 1 aromatic heterocycles. The summed E-state index contributed by atoms with van der Waals surface area (Å²) in [7, 11) is 5.29. The van der Waals surface area contributed by atoms with Crippen LogP contribution in [0.3, 0.4) is 0 Å². The lowest BCUT2D eigenvalue weighted by Gasteiger charge is -2.35. The van der Waals surface area contributed by atoms with E-state index in [-0.39, 0.29) is 6.04 Å². The summed E-state index contributed by atoms with van der Waals surface area (Å²) >= 11 is 0. The van der Waals surface area contributed by atoms with Crippen LogP contribution in [0.25, 0.3) is 11.1 Å². The molecule has 152 valence electrons. The van der Waals surface area contributed by atoms with Crippen LogP contribution in [0.15, 0.2) is 30.5 Å². The Hall–Kier alpha value is -2.67. The number of nitrogens with two attached hydrogens (primary N) is 1. The van der Waals surface area contributed by atoms with Crippen molar-refractivity contribution in [2.45, 2.75) is 31.7 Å². The number of ether oxygens (including phenoxy) is 3. The standard InChI is InChI=1S/C20H27B2N3O4/c1-11(6-12(2)23)10-28-13-4-5-14-15-8-18(25-19(26)27-3)24-9-16(15)20(21,22)29-17(14)7-13/h4-5,7-9,11-12H,6,10,21-23H2,1-3H3,(H,24,25,26). The van der Waals surface area contributed by atoms with Crippen LogP contribution < -0.4 is 20.5 Å². The average molecular weight is 395 g/mol. The first-order valence-electron chi connectivity index (χ1n) is 9.77. The highest BCUT2D eigenvalue weighted by Gasteiger charge is 2.33. The molecule has 0 bridgehead atoms. The fourth-order valence-electron chi connectivity index (χ4n) is 3.55. The summed E-state index contributed by atoms with van der Waals surface area (Å²) in [6, 6.07) is 7.79. The first-order chi connectivity index (χ1) is 13.7. The van der Waals surface area contributed by atoms with Gasteiger partial charge >= 0.3 is 6.09 Å². The summed E-state index contributed by atoms with van der Waals surface area (Å²) in [5, 5.41) is 2.04. The van der Waals surface area contributed by atoms with Crippen molar-refractivity contribution in [1.29, 1.82) is 0 Å². The van der Waals surface area contributed by atoms with Crippen molar-refractivity contribution < 1.29 is 19.0 Å². The van der Waals surface area contributed by atoms with Crippen LogP contribution in [0.1, 0.15) is 25.8 Å². The predicted octanol–water partition coefficient (Wildman–Crippen LogP) is 1.45. The molecular weight excluding hydrogens is 368 g/mol. The zero-order valence-corrected chi connectivity index (χ0v) is 17.6. The van der Waals surface area contributed by atoms with Crippen molar-refractivity contribution >= 4 is 27.6 Å². The van der Waals surface area contributed by atoms with E-state index in [1.807, 2.05) is 46.9 Å². The van der Waals surface area contributed by atoms with Crippen LogP contribution in [-0.2, 0) is 10.1 Å². The number of amides is 1. The molecule has 3 rings (SSSR count). The summed E-state index contributed by atoms with van der Waals surface area (Å²) in [5.74, 6) is 2.27. The van der Waals surface area contributed by atoms with E-state index in [1.54, 1.807) is 6.20 Å². The Morgan fingerprint density at radius 2 is 2.07 bits per heavy atom. The third-order valence-electron chi connectivity index (χ3n) is 4.89. The van der Waals surface area contributed by atoms with E-state index < -0.39 is 11.5 Å². The number of rotatable bonds is 6. The van der Waals surface area contributed by atoms with Crippen LogP contribution in [0.5, 0.6) is 11.5 Å². The molecule has 0 radical (unpaired) electrons. The molecular formula is C20H27B2N3O4. The SMILES string of the molecule is BC1(B)Oc2cc(OCC(C)CC(C)N)ccc2-c2cc(NC(=O)OC)ncc21. The average Bonchev–Trinajstić information content (AvgIpc) is 2.65. The first kappa shape index (κ1) is 21.0. The molecule has 2 aromatic rings. The molecule has 2 atom stereocenters. The number of methoxy groups -OCH3 is 1. The van der Waals surface area contributed by atoms with Crippen molar-refractivity contribution in [3.8, 4) is 22.6 Å². The van der Waals surface area contributed by atoms with Crippen molar-refractivity contribution in [2.75, 3.05) is 19.0 Å². The molecule has 1 aromatic carbocycles. The second kappa shape index (κ2) is 8.37. The summed E-state index contributed by atoms with van der Waals surface area (Å²) < 4.78 is 16.9. The molecule has 9 heteroatoms. The maximum Gasteiger partial charge on any atom is 0.412 e. The predicted molar refractivity (Wildman–Crippen MR) is 118 cm³/mol. The number of nitrogens with one attached hydrogen (secondary N) is 1. The number of benzene rings is 1. The van der Waals surface area contributed by atoms with Crippen LogP contribution in [0, 0.1) is 5.92 Å². The fraction of sp³-hybridized carbons (Fsp3) is 0.400. The van der Waals surface area contributed by atoms with E-state index in [4.69, 9.17) is 15.2 Å². The van der Waals surface area contributed by atoms with Gasteiger partial charge in [0.05, 0.1) is 19.1 Å². The van der Waals surface area contributed by atoms with E-state index in [9.17, 15) is 4.79 Å². The largest absolute Gasteiger partial charge is 0.500 e. The normalized spacial score (nSPS) is 15.9. The summed E-state index contributed by atoms with van der Waals surface area (Å²) in [6.07, 6.45) is 2.07. The number of carbonyl (C=O) groups excluding carboxylic acids is 1. The highest BCUT2D eigenvalue weighted by Crippen LogP contribution is 2.44. The number of aromatic nitrogens is 1. The molecule has 1 aliphatic rings. The number of hydrogen-bond acceptors (Lipinski definition) is 6. The van der Waals surface area contributed by atoms with Crippen LogP contribution in [0.2, 0.25) is 0 Å². The van der Waals surface area contributed by atoms with Gasteiger partial charge in [-0.1, -0.05) is 6.92 Å². The monoisotopic (exact) mass is 395 g/mol. The topological polar surface area (TPSA) is 95.7 Å². The smallest absolute Gasteiger partial charge is 0.412 e. The van der Waals surface area contributed by atoms with Crippen LogP contribution >= 0.6 is 0 Å². The third kappa shape index (κ3) is 4.85. The second-order valence-electron chi connectivity index (χ2n) is 8.13. The van der Waals surface area contributed by atoms with Gasteiger partial charge in [0, 0.05) is 29.4 Å². The Kier molecular flexibility index (Phi) is 6.07. The number of carbonyl (C=O) groups is 1. The maximum absolute atomic E-state index is 11.5. The quantitative estimate of drug-likeness (QED) is 0.720. The lowest BCUT2D eigenvalue weighted by Crippen LogP contribution is -2.37. The van der Waals surface area contributed by atoms with Gasteiger partial charge in [-0.2, -0.15) is 0 Å². The van der Waals surface area contributed by atoms with Gasteiger partial charge < -0.3 is 19.9 Å². The molecule has 7 nitrogen and oxygen atoms in total. The van der Waals surface area contributed by atoms with E-state index >= 15 is 0 Å². The molecule has 2 heterocycles. The molecule has 3 N–H and O–H groups in total. The molecule has 0 aliphatic carbocycles. The number of fused-ring (bicyclic) bond motifs is 3. The first-order valence-corrected chi connectivity index (χ1v) is 9.77. The van der Waals surface area contributed by atoms with Gasteiger partial charge in [-0.25, -0.2) is 9.78 Å². The molecule has 0 saturated carbocycles. The molecule has 2 unspecified atom stereocenters. The van der Waals surface area contributed by atoms with Gasteiger partial charge in [-0.15, -0.1) is 0 Å². The number of anilines is 1. The minimum atomic E-state index is -0.569. The van der Waals surface area contributed by atoms with Gasteiger partial charge in [0.15, 0.2) is 15.7 Å². The highest BCUT2D eigenvalue weighted by molar-refractivity contribution is 6.39. The molecule has 1 amide bonds. The lowest BCUT2D eigenvalue weighted by molar-refractivity contribution is 0.187.